The van der Waals surface area contributed by atoms with Crippen LogP contribution in [0.3, 0.4) is 0 Å². The van der Waals surface area contributed by atoms with Crippen LogP contribution in [0.15, 0.2) is 16.6 Å². The van der Waals surface area contributed by atoms with E-state index in [1.54, 1.807) is 0 Å². The molecule has 1 aliphatic carbocycles. The summed E-state index contributed by atoms with van der Waals surface area (Å²) in [6, 6.07) is 2.30. The van der Waals surface area contributed by atoms with Crippen molar-refractivity contribution in [3.63, 3.8) is 0 Å². The number of hydrogen-bond donors (Lipinski definition) is 2. The standard InChI is InChI=1S/C10H11BrN2O3.ClH/c11-8-4-6(13(15)16)3-7(10(8)14)9(12)5-1-2-5;/h3-5,9,14H,1-2,12H2;1H/t9-;/m0./s1. The van der Waals surface area contributed by atoms with Gasteiger partial charge < -0.3 is 10.8 Å². The normalized spacial score (nSPS) is 16.1. The molecule has 0 amide bonds. The lowest BCUT2D eigenvalue weighted by Crippen LogP contribution is -2.13. The second kappa shape index (κ2) is 5.20. The maximum Gasteiger partial charge on any atom is 0.271 e. The lowest BCUT2D eigenvalue weighted by Gasteiger charge is -2.13. The minimum absolute atomic E-state index is 0. The lowest BCUT2D eigenvalue weighted by atomic mass is 10.0. The molecule has 1 fully saturated rings. The Bertz CT molecular complexity index is 451. The van der Waals surface area contributed by atoms with Crippen molar-refractivity contribution in [2.45, 2.75) is 18.9 Å². The van der Waals surface area contributed by atoms with Crippen LogP contribution in [0.2, 0.25) is 0 Å². The van der Waals surface area contributed by atoms with Crippen molar-refractivity contribution in [3.8, 4) is 5.75 Å². The number of nitro groups is 1. The van der Waals surface area contributed by atoms with Gasteiger partial charge >= 0.3 is 0 Å². The highest BCUT2D eigenvalue weighted by Gasteiger charge is 2.32. The number of phenols is 1. The zero-order valence-corrected chi connectivity index (χ0v) is 11.2. The predicted molar refractivity (Wildman–Crippen MR) is 69.4 cm³/mol. The van der Waals surface area contributed by atoms with Gasteiger partial charge in [-0.1, -0.05) is 0 Å². The number of rotatable bonds is 3. The fraction of sp³-hybridized carbons (Fsp3) is 0.400. The number of phenolic OH excluding ortho intramolecular Hbond substituents is 1. The Morgan fingerprint density at radius 2 is 2.12 bits per heavy atom. The second-order valence-electron chi connectivity index (χ2n) is 3.99. The molecule has 0 unspecified atom stereocenters. The molecule has 1 atom stereocenters. The quantitative estimate of drug-likeness (QED) is 0.661. The third-order valence-electron chi connectivity index (χ3n) is 2.78. The Hall–Kier alpha value is -0.850. The highest BCUT2D eigenvalue weighted by Crippen LogP contribution is 2.44. The summed E-state index contributed by atoms with van der Waals surface area (Å²) in [6.45, 7) is 0. The van der Waals surface area contributed by atoms with Crippen LogP contribution >= 0.6 is 28.3 Å². The van der Waals surface area contributed by atoms with Gasteiger partial charge in [-0.3, -0.25) is 10.1 Å². The van der Waals surface area contributed by atoms with Crippen LogP contribution in [0.25, 0.3) is 0 Å². The summed E-state index contributed by atoms with van der Waals surface area (Å²) >= 11 is 3.09. The van der Waals surface area contributed by atoms with Crippen molar-refractivity contribution in [2.75, 3.05) is 0 Å². The van der Waals surface area contributed by atoms with E-state index in [9.17, 15) is 15.2 Å². The molecule has 0 saturated heterocycles. The molecule has 1 aliphatic rings. The third kappa shape index (κ3) is 2.88. The van der Waals surface area contributed by atoms with E-state index in [-0.39, 0.29) is 29.9 Å². The molecule has 17 heavy (non-hydrogen) atoms. The van der Waals surface area contributed by atoms with E-state index in [2.05, 4.69) is 15.9 Å². The van der Waals surface area contributed by atoms with Crippen LogP contribution in [0.5, 0.6) is 5.75 Å². The molecule has 7 heteroatoms. The maximum absolute atomic E-state index is 10.7. The average molecular weight is 324 g/mol. The van der Waals surface area contributed by atoms with Crippen molar-refractivity contribution in [1.82, 2.24) is 0 Å². The summed E-state index contributed by atoms with van der Waals surface area (Å²) in [5.41, 5.74) is 6.32. The van der Waals surface area contributed by atoms with E-state index in [4.69, 9.17) is 5.73 Å². The van der Waals surface area contributed by atoms with Gasteiger partial charge in [0, 0.05) is 23.7 Å². The van der Waals surface area contributed by atoms with Gasteiger partial charge in [0.15, 0.2) is 0 Å². The van der Waals surface area contributed by atoms with Crippen LogP contribution < -0.4 is 5.73 Å². The van der Waals surface area contributed by atoms with Gasteiger partial charge in [-0.25, -0.2) is 0 Å². The van der Waals surface area contributed by atoms with E-state index < -0.39 is 4.92 Å². The Balaban J connectivity index is 0.00000144. The first-order valence-corrected chi connectivity index (χ1v) is 5.72. The molecule has 0 spiro atoms. The van der Waals surface area contributed by atoms with Crippen molar-refractivity contribution >= 4 is 34.0 Å². The van der Waals surface area contributed by atoms with Gasteiger partial charge in [0.2, 0.25) is 0 Å². The molecular formula is C10H12BrClN2O3. The molecule has 94 valence electrons. The lowest BCUT2D eigenvalue weighted by molar-refractivity contribution is -0.385. The molecule has 0 aliphatic heterocycles. The minimum Gasteiger partial charge on any atom is -0.506 e. The summed E-state index contributed by atoms with van der Waals surface area (Å²) < 4.78 is 0.313. The summed E-state index contributed by atoms with van der Waals surface area (Å²) in [4.78, 5) is 10.2. The topological polar surface area (TPSA) is 89.4 Å². The van der Waals surface area contributed by atoms with E-state index in [0.717, 1.165) is 12.8 Å². The largest absolute Gasteiger partial charge is 0.506 e. The molecule has 0 radical (unpaired) electrons. The second-order valence-corrected chi connectivity index (χ2v) is 4.84. The molecule has 1 aromatic rings. The number of hydrogen-bond acceptors (Lipinski definition) is 4. The highest BCUT2D eigenvalue weighted by molar-refractivity contribution is 9.10. The SMILES string of the molecule is Cl.N[C@H](c1cc([N+](=O)[O-])cc(Br)c1O)C1CC1. The first kappa shape index (κ1) is 14.2. The van der Waals surface area contributed by atoms with Crippen molar-refractivity contribution < 1.29 is 10.0 Å². The minimum atomic E-state index is -0.493. The first-order chi connectivity index (χ1) is 7.50. The van der Waals surface area contributed by atoms with Crippen molar-refractivity contribution in [1.29, 1.82) is 0 Å². The zero-order chi connectivity index (χ0) is 11.9. The van der Waals surface area contributed by atoms with Gasteiger partial charge in [-0.15, -0.1) is 12.4 Å². The average Bonchev–Trinajstić information content (AvgIpc) is 3.04. The smallest absolute Gasteiger partial charge is 0.271 e. The molecule has 0 aromatic heterocycles. The van der Waals surface area contributed by atoms with Crippen LogP contribution in [0, 0.1) is 16.0 Å². The van der Waals surface area contributed by atoms with Crippen molar-refractivity contribution in [2.24, 2.45) is 11.7 Å². The van der Waals surface area contributed by atoms with Gasteiger partial charge in [0.05, 0.1) is 9.40 Å². The van der Waals surface area contributed by atoms with Gasteiger partial charge in [-0.2, -0.15) is 0 Å². The summed E-state index contributed by atoms with van der Waals surface area (Å²) in [5.74, 6) is 0.338. The number of halogens is 2. The Morgan fingerprint density at radius 3 is 2.59 bits per heavy atom. The van der Waals surface area contributed by atoms with E-state index >= 15 is 0 Å². The van der Waals surface area contributed by atoms with Crippen LogP contribution in [0.4, 0.5) is 5.69 Å². The van der Waals surface area contributed by atoms with Gasteiger partial charge in [-0.05, 0) is 34.7 Å². The zero-order valence-electron chi connectivity index (χ0n) is 8.80. The first-order valence-electron chi connectivity index (χ1n) is 4.93. The number of nitrogens with zero attached hydrogens (tertiary/aromatic N) is 1. The number of non-ortho nitro benzene ring substituents is 1. The fourth-order valence-corrected chi connectivity index (χ4v) is 2.14. The van der Waals surface area contributed by atoms with Gasteiger partial charge in [0.25, 0.3) is 5.69 Å². The van der Waals surface area contributed by atoms with E-state index in [1.165, 1.54) is 12.1 Å². The van der Waals surface area contributed by atoms with E-state index in [1.807, 2.05) is 0 Å². The molecular weight excluding hydrogens is 311 g/mol. The molecule has 1 aromatic carbocycles. The molecule has 5 nitrogen and oxygen atoms in total. The molecule has 3 N–H and O–H groups in total. The van der Waals surface area contributed by atoms with Crippen LogP contribution in [-0.2, 0) is 0 Å². The summed E-state index contributed by atoms with van der Waals surface area (Å²) in [6.07, 6.45) is 2.03. The Morgan fingerprint density at radius 1 is 1.53 bits per heavy atom. The van der Waals surface area contributed by atoms with Crippen molar-refractivity contribution in [3.05, 3.63) is 32.3 Å². The summed E-state index contributed by atoms with van der Waals surface area (Å²) in [5, 5.41) is 20.5. The molecule has 0 heterocycles. The Labute approximate surface area is 113 Å². The highest BCUT2D eigenvalue weighted by atomic mass is 79.9. The van der Waals surface area contributed by atoms with Gasteiger partial charge in [0.1, 0.15) is 5.75 Å². The van der Waals surface area contributed by atoms with E-state index in [0.29, 0.717) is 16.0 Å². The number of nitrogens with two attached hydrogens (primary N) is 1. The number of aromatic hydroxyl groups is 1. The van der Waals surface area contributed by atoms with Crippen LogP contribution in [-0.4, -0.2) is 10.0 Å². The van der Waals surface area contributed by atoms with Crippen LogP contribution in [0.1, 0.15) is 24.4 Å². The Kier molecular flexibility index (Phi) is 4.35. The maximum atomic E-state index is 10.7. The number of benzene rings is 1. The molecule has 0 bridgehead atoms. The molecule has 2 rings (SSSR count). The third-order valence-corrected chi connectivity index (χ3v) is 3.38. The predicted octanol–water partition coefficient (Wildman–Crippen LogP) is 2.89. The monoisotopic (exact) mass is 322 g/mol. The summed E-state index contributed by atoms with van der Waals surface area (Å²) in [7, 11) is 0. The molecule has 1 saturated carbocycles. The number of nitro benzene ring substituents is 1. The fourth-order valence-electron chi connectivity index (χ4n) is 1.67.